The Hall–Kier alpha value is -2.27. The van der Waals surface area contributed by atoms with Crippen LogP contribution in [0.25, 0.3) is 11.3 Å². The third-order valence-electron chi connectivity index (χ3n) is 3.60. The van der Waals surface area contributed by atoms with Crippen molar-refractivity contribution in [3.05, 3.63) is 47.2 Å². The number of benzene rings is 1. The first-order valence-corrected chi connectivity index (χ1v) is 8.87. The molecule has 0 atom stereocenters. The maximum absolute atomic E-state index is 12.5. The van der Waals surface area contributed by atoms with Gasteiger partial charge in [-0.25, -0.2) is 0 Å². The Kier molecular flexibility index (Phi) is 6.48. The predicted molar refractivity (Wildman–Crippen MR) is 101 cm³/mol. The number of nitrogens with zero attached hydrogens (tertiary/aromatic N) is 1. The lowest BCUT2D eigenvalue weighted by Gasteiger charge is -2.20. The summed E-state index contributed by atoms with van der Waals surface area (Å²) in [6, 6.07) is 10.6. The molecule has 0 aliphatic rings. The highest BCUT2D eigenvalue weighted by Gasteiger charge is 2.19. The average Bonchev–Trinajstić information content (AvgIpc) is 3.02. The Labute approximate surface area is 158 Å². The minimum Gasteiger partial charge on any atom is -0.460 e. The van der Waals surface area contributed by atoms with Gasteiger partial charge in [-0.05, 0) is 51.5 Å². The van der Waals surface area contributed by atoms with Crippen molar-refractivity contribution in [2.75, 3.05) is 13.6 Å². The Bertz CT molecular complexity index is 776. The van der Waals surface area contributed by atoms with Gasteiger partial charge < -0.3 is 14.1 Å². The van der Waals surface area contributed by atoms with Gasteiger partial charge in [0, 0.05) is 25.6 Å². The summed E-state index contributed by atoms with van der Waals surface area (Å²) in [7, 11) is 1.68. The molecule has 0 aliphatic heterocycles. The zero-order chi connectivity index (χ0) is 19.3. The second kappa shape index (κ2) is 8.41. The molecule has 0 unspecified atom stereocenters. The summed E-state index contributed by atoms with van der Waals surface area (Å²) in [5, 5.41) is 0.562. The Balaban J connectivity index is 1.91. The Morgan fingerprint density at radius 1 is 1.15 bits per heavy atom. The first kappa shape index (κ1) is 20.0. The van der Waals surface area contributed by atoms with Crippen molar-refractivity contribution < 1.29 is 18.7 Å². The van der Waals surface area contributed by atoms with Crippen LogP contribution < -0.4 is 0 Å². The summed E-state index contributed by atoms with van der Waals surface area (Å²) in [5.41, 5.74) is 0.239. The number of esters is 1. The summed E-state index contributed by atoms with van der Waals surface area (Å²) >= 11 is 6.15. The quantitative estimate of drug-likeness (QED) is 0.679. The van der Waals surface area contributed by atoms with Crippen LogP contribution in [0, 0.1) is 0 Å². The number of hydrogen-bond donors (Lipinski definition) is 0. The summed E-state index contributed by atoms with van der Waals surface area (Å²) in [5.74, 6) is 0.269. The number of amides is 1. The lowest BCUT2D eigenvalue weighted by Crippen LogP contribution is -2.28. The van der Waals surface area contributed by atoms with E-state index in [1.54, 1.807) is 25.2 Å². The molecule has 0 saturated carbocycles. The van der Waals surface area contributed by atoms with Crippen LogP contribution >= 0.6 is 11.6 Å². The first-order chi connectivity index (χ1) is 12.2. The van der Waals surface area contributed by atoms with Crippen LogP contribution in [-0.4, -0.2) is 36.0 Å². The van der Waals surface area contributed by atoms with Crippen LogP contribution in [0.2, 0.25) is 5.02 Å². The third kappa shape index (κ3) is 5.63. The van der Waals surface area contributed by atoms with Gasteiger partial charge in [0.1, 0.15) is 11.4 Å². The van der Waals surface area contributed by atoms with Gasteiger partial charge >= 0.3 is 5.97 Å². The predicted octanol–water partition coefficient (Wildman–Crippen LogP) is 4.79. The zero-order valence-corrected chi connectivity index (χ0v) is 16.3. The number of furan rings is 1. The monoisotopic (exact) mass is 377 g/mol. The Morgan fingerprint density at radius 2 is 1.85 bits per heavy atom. The fourth-order valence-corrected chi connectivity index (χ4v) is 2.63. The standard InChI is InChI=1S/C20H24ClNO4/c1-20(2,3)26-18(23)10-7-13-22(4)19(24)17-12-11-16(25-17)14-8-5-6-9-15(14)21/h5-6,8-9,11-12H,7,10,13H2,1-4H3. The van der Waals surface area contributed by atoms with Crippen molar-refractivity contribution in [3.63, 3.8) is 0 Å². The van der Waals surface area contributed by atoms with Crippen molar-refractivity contribution in [1.29, 1.82) is 0 Å². The first-order valence-electron chi connectivity index (χ1n) is 8.49. The van der Waals surface area contributed by atoms with Crippen molar-refractivity contribution in [1.82, 2.24) is 4.90 Å². The zero-order valence-electron chi connectivity index (χ0n) is 15.5. The average molecular weight is 378 g/mol. The summed E-state index contributed by atoms with van der Waals surface area (Å²) in [4.78, 5) is 25.7. The summed E-state index contributed by atoms with van der Waals surface area (Å²) < 4.78 is 10.9. The van der Waals surface area contributed by atoms with Gasteiger partial charge in [0.05, 0.1) is 5.02 Å². The molecule has 0 bridgehead atoms. The highest BCUT2D eigenvalue weighted by Crippen LogP contribution is 2.29. The van der Waals surface area contributed by atoms with Crippen LogP contribution in [-0.2, 0) is 9.53 Å². The highest BCUT2D eigenvalue weighted by atomic mass is 35.5. The van der Waals surface area contributed by atoms with E-state index in [0.29, 0.717) is 23.7 Å². The van der Waals surface area contributed by atoms with E-state index >= 15 is 0 Å². The van der Waals surface area contributed by atoms with E-state index in [9.17, 15) is 9.59 Å². The normalized spacial score (nSPS) is 11.3. The van der Waals surface area contributed by atoms with E-state index in [0.717, 1.165) is 5.56 Å². The lowest BCUT2D eigenvalue weighted by atomic mass is 10.2. The summed E-state index contributed by atoms with van der Waals surface area (Å²) in [6.45, 7) is 5.91. The van der Waals surface area contributed by atoms with Gasteiger partial charge in [-0.15, -0.1) is 0 Å². The molecule has 0 aliphatic carbocycles. The molecule has 1 amide bonds. The van der Waals surface area contributed by atoms with E-state index in [1.807, 2.05) is 39.0 Å². The minimum absolute atomic E-state index is 0.236. The fraction of sp³-hybridized carbons (Fsp3) is 0.400. The lowest BCUT2D eigenvalue weighted by molar-refractivity contribution is -0.154. The molecule has 26 heavy (non-hydrogen) atoms. The van der Waals surface area contributed by atoms with Gasteiger partial charge in [-0.2, -0.15) is 0 Å². The molecule has 0 spiro atoms. The van der Waals surface area contributed by atoms with Crippen LogP contribution in [0.5, 0.6) is 0 Å². The van der Waals surface area contributed by atoms with E-state index in [-0.39, 0.29) is 24.1 Å². The number of carbonyl (C=O) groups excluding carboxylic acids is 2. The maximum atomic E-state index is 12.5. The molecule has 1 aromatic heterocycles. The van der Waals surface area contributed by atoms with Gasteiger partial charge in [0.25, 0.3) is 5.91 Å². The molecule has 1 heterocycles. The SMILES string of the molecule is CN(CCCC(=O)OC(C)(C)C)C(=O)c1ccc(-c2ccccc2Cl)o1. The van der Waals surface area contributed by atoms with Gasteiger partial charge in [-0.3, -0.25) is 9.59 Å². The molecule has 5 nitrogen and oxygen atoms in total. The molecule has 0 fully saturated rings. The van der Waals surface area contributed by atoms with Crippen molar-refractivity contribution in [2.24, 2.45) is 0 Å². The number of carbonyl (C=O) groups is 2. The number of rotatable bonds is 6. The van der Waals surface area contributed by atoms with Gasteiger partial charge in [0.15, 0.2) is 5.76 Å². The number of halogens is 1. The molecule has 0 saturated heterocycles. The summed E-state index contributed by atoms with van der Waals surface area (Å²) in [6.07, 6.45) is 0.785. The second-order valence-electron chi connectivity index (χ2n) is 7.06. The van der Waals surface area contributed by atoms with Gasteiger partial charge in [0.2, 0.25) is 0 Å². The smallest absolute Gasteiger partial charge is 0.306 e. The highest BCUT2D eigenvalue weighted by molar-refractivity contribution is 6.33. The van der Waals surface area contributed by atoms with E-state index in [1.165, 1.54) is 4.90 Å². The topological polar surface area (TPSA) is 59.8 Å². The van der Waals surface area contributed by atoms with Crippen molar-refractivity contribution >= 4 is 23.5 Å². The second-order valence-corrected chi connectivity index (χ2v) is 7.47. The van der Waals surface area contributed by atoms with Crippen LogP contribution in [0.4, 0.5) is 0 Å². The third-order valence-corrected chi connectivity index (χ3v) is 3.93. The molecular formula is C20H24ClNO4. The van der Waals surface area contributed by atoms with E-state index < -0.39 is 5.60 Å². The number of ether oxygens (including phenoxy) is 1. The Morgan fingerprint density at radius 3 is 2.50 bits per heavy atom. The molecule has 6 heteroatoms. The van der Waals surface area contributed by atoms with Crippen LogP contribution in [0.1, 0.15) is 44.2 Å². The largest absolute Gasteiger partial charge is 0.460 e. The van der Waals surface area contributed by atoms with Crippen molar-refractivity contribution in [3.8, 4) is 11.3 Å². The molecular weight excluding hydrogens is 354 g/mol. The molecule has 2 rings (SSSR count). The van der Waals surface area contributed by atoms with Crippen LogP contribution in [0.15, 0.2) is 40.8 Å². The maximum Gasteiger partial charge on any atom is 0.306 e. The minimum atomic E-state index is -0.498. The molecule has 0 radical (unpaired) electrons. The molecule has 2 aromatic rings. The molecule has 0 N–H and O–H groups in total. The van der Waals surface area contributed by atoms with Crippen molar-refractivity contribution in [2.45, 2.75) is 39.2 Å². The van der Waals surface area contributed by atoms with E-state index in [4.69, 9.17) is 20.8 Å². The fourth-order valence-electron chi connectivity index (χ4n) is 2.40. The molecule has 1 aromatic carbocycles. The van der Waals surface area contributed by atoms with Crippen LogP contribution in [0.3, 0.4) is 0 Å². The van der Waals surface area contributed by atoms with E-state index in [2.05, 4.69) is 0 Å². The number of hydrogen-bond acceptors (Lipinski definition) is 4. The van der Waals surface area contributed by atoms with Gasteiger partial charge in [-0.1, -0.05) is 23.7 Å². The molecule has 140 valence electrons.